The highest BCUT2D eigenvalue weighted by molar-refractivity contribution is 5.76. The van der Waals surface area contributed by atoms with Crippen LogP contribution in [0.15, 0.2) is 42.9 Å². The Balaban J connectivity index is 1.30. The molecule has 0 N–H and O–H groups in total. The van der Waals surface area contributed by atoms with Gasteiger partial charge in [0.15, 0.2) is 0 Å². The van der Waals surface area contributed by atoms with Crippen LogP contribution >= 0.6 is 0 Å². The van der Waals surface area contributed by atoms with Crippen molar-refractivity contribution >= 4 is 11.0 Å². The molecule has 2 fully saturated rings. The van der Waals surface area contributed by atoms with Crippen LogP contribution in [0.4, 0.5) is 0 Å². The minimum atomic E-state index is 0.491. The molecule has 25 heavy (non-hydrogen) atoms. The van der Waals surface area contributed by atoms with Crippen molar-refractivity contribution in [2.45, 2.75) is 38.1 Å². The molecule has 0 unspecified atom stereocenters. The number of benzene rings is 1. The van der Waals surface area contributed by atoms with Crippen LogP contribution in [0, 0.1) is 22.7 Å². The summed E-state index contributed by atoms with van der Waals surface area (Å²) in [6.45, 7) is 0. The molecular weight excluding hydrogens is 310 g/mol. The van der Waals surface area contributed by atoms with Gasteiger partial charge in [-0.15, -0.1) is 0 Å². The van der Waals surface area contributed by atoms with Gasteiger partial charge in [-0.25, -0.2) is 4.98 Å². The van der Waals surface area contributed by atoms with Crippen molar-refractivity contribution in [1.29, 1.82) is 5.26 Å². The van der Waals surface area contributed by atoms with E-state index < -0.39 is 0 Å². The lowest BCUT2D eigenvalue weighted by atomic mass is 9.49. The second kappa shape index (κ2) is 5.38. The van der Waals surface area contributed by atoms with Gasteiger partial charge < -0.3 is 0 Å². The van der Waals surface area contributed by atoms with Crippen LogP contribution in [0.2, 0.25) is 0 Å². The molecule has 2 aliphatic carbocycles. The third kappa shape index (κ3) is 2.41. The first-order valence-electron chi connectivity index (χ1n) is 8.88. The molecule has 0 radical (unpaired) electrons. The van der Waals surface area contributed by atoms with E-state index in [1.807, 2.05) is 36.7 Å². The lowest BCUT2D eigenvalue weighted by Gasteiger charge is -2.57. The molecule has 2 heterocycles. The number of hydrogen-bond acceptors (Lipinski definition) is 4. The molecule has 0 amide bonds. The van der Waals surface area contributed by atoms with Crippen LogP contribution in [0.25, 0.3) is 22.3 Å². The van der Waals surface area contributed by atoms with Crippen molar-refractivity contribution in [1.82, 2.24) is 19.7 Å². The molecule has 2 aliphatic rings. The van der Waals surface area contributed by atoms with Crippen LogP contribution in [0.3, 0.4) is 0 Å². The van der Waals surface area contributed by atoms with E-state index >= 15 is 0 Å². The molecular formula is C20H19N5. The Morgan fingerprint density at radius 2 is 1.92 bits per heavy atom. The van der Waals surface area contributed by atoms with Crippen molar-refractivity contribution in [2.24, 2.45) is 11.3 Å². The van der Waals surface area contributed by atoms with Gasteiger partial charge in [-0.05, 0) is 49.1 Å². The van der Waals surface area contributed by atoms with E-state index in [-0.39, 0.29) is 0 Å². The van der Waals surface area contributed by atoms with Crippen LogP contribution in [-0.4, -0.2) is 19.7 Å². The maximum Gasteiger partial charge on any atom is 0.0924 e. The number of nitriles is 1. The average molecular weight is 329 g/mol. The lowest BCUT2D eigenvalue weighted by Crippen LogP contribution is -2.48. The minimum absolute atomic E-state index is 0.491. The number of aromatic nitrogens is 4. The van der Waals surface area contributed by atoms with E-state index in [4.69, 9.17) is 10.2 Å². The fourth-order valence-electron chi connectivity index (χ4n) is 4.66. The smallest absolute Gasteiger partial charge is 0.0924 e. The number of nitrogens with zero attached hydrogens (tertiary/aromatic N) is 5. The first kappa shape index (κ1) is 14.6. The number of hydrogen-bond donors (Lipinski definition) is 0. The molecule has 5 nitrogen and oxygen atoms in total. The van der Waals surface area contributed by atoms with Gasteiger partial charge in [-0.1, -0.05) is 12.1 Å². The summed E-state index contributed by atoms with van der Waals surface area (Å²) < 4.78 is 2.09. The summed E-state index contributed by atoms with van der Waals surface area (Å²) in [6, 6.07) is 10.7. The Labute approximate surface area is 146 Å². The number of para-hydroxylation sites is 2. The molecule has 2 saturated carbocycles. The van der Waals surface area contributed by atoms with Crippen LogP contribution in [0.5, 0.6) is 0 Å². The van der Waals surface area contributed by atoms with E-state index in [1.54, 1.807) is 0 Å². The van der Waals surface area contributed by atoms with Crippen LogP contribution in [0.1, 0.15) is 38.1 Å². The van der Waals surface area contributed by atoms with Gasteiger partial charge in [0.2, 0.25) is 0 Å². The zero-order valence-electron chi connectivity index (χ0n) is 14.0. The third-order valence-corrected chi connectivity index (χ3v) is 5.88. The maximum atomic E-state index is 8.79. The topological polar surface area (TPSA) is 67.4 Å². The summed E-state index contributed by atoms with van der Waals surface area (Å²) in [5.41, 5.74) is 4.22. The van der Waals surface area contributed by atoms with E-state index in [2.05, 4.69) is 27.0 Å². The summed E-state index contributed by atoms with van der Waals surface area (Å²) in [6.07, 6.45) is 11.4. The van der Waals surface area contributed by atoms with Crippen molar-refractivity contribution in [3.05, 3.63) is 42.9 Å². The fourth-order valence-corrected chi connectivity index (χ4v) is 4.66. The van der Waals surface area contributed by atoms with E-state index in [1.165, 1.54) is 25.7 Å². The molecule has 1 spiro atoms. The molecule has 1 aromatic carbocycles. The van der Waals surface area contributed by atoms with Crippen molar-refractivity contribution in [3.8, 4) is 17.3 Å². The van der Waals surface area contributed by atoms with Gasteiger partial charge in [0.05, 0.1) is 41.2 Å². The molecule has 0 saturated heterocycles. The zero-order chi connectivity index (χ0) is 16.9. The Bertz CT molecular complexity index is 969. The van der Waals surface area contributed by atoms with Gasteiger partial charge in [-0.2, -0.15) is 10.4 Å². The summed E-state index contributed by atoms with van der Waals surface area (Å²) in [5.74, 6) is 0.631. The largest absolute Gasteiger partial charge is 0.269 e. The standard InChI is InChI=1S/C20H19N5/c21-6-5-14-7-20(8-14)9-16(10-20)25-13-15(11-23-25)19-12-22-17-3-1-2-4-18(17)24-19/h1-4,11-14,16H,5,7-10H2. The molecule has 3 aromatic rings. The second-order valence-corrected chi connectivity index (χ2v) is 7.65. The lowest BCUT2D eigenvalue weighted by molar-refractivity contribution is -0.0633. The highest BCUT2D eigenvalue weighted by atomic mass is 15.3. The van der Waals surface area contributed by atoms with Crippen LogP contribution < -0.4 is 0 Å². The molecule has 5 rings (SSSR count). The van der Waals surface area contributed by atoms with E-state index in [9.17, 15) is 0 Å². The Morgan fingerprint density at radius 3 is 2.72 bits per heavy atom. The summed E-state index contributed by atoms with van der Waals surface area (Å²) in [4.78, 5) is 9.19. The predicted octanol–water partition coefficient (Wildman–Crippen LogP) is 4.14. The zero-order valence-corrected chi connectivity index (χ0v) is 14.0. The summed E-state index contributed by atoms with van der Waals surface area (Å²) in [5, 5.41) is 13.4. The SMILES string of the molecule is N#CCC1CC2(C1)CC(n1cc(-c3cnc4ccccc4n3)cn1)C2. The normalized spacial score (nSPS) is 27.6. The van der Waals surface area contributed by atoms with E-state index in [0.717, 1.165) is 28.7 Å². The second-order valence-electron chi connectivity index (χ2n) is 7.65. The number of rotatable bonds is 3. The quantitative estimate of drug-likeness (QED) is 0.724. The third-order valence-electron chi connectivity index (χ3n) is 5.88. The van der Waals surface area contributed by atoms with Gasteiger partial charge in [0.1, 0.15) is 0 Å². The van der Waals surface area contributed by atoms with Crippen molar-refractivity contribution in [2.75, 3.05) is 0 Å². The summed E-state index contributed by atoms with van der Waals surface area (Å²) >= 11 is 0. The van der Waals surface area contributed by atoms with Crippen molar-refractivity contribution in [3.63, 3.8) is 0 Å². The molecule has 5 heteroatoms. The highest BCUT2D eigenvalue weighted by Gasteiger charge is 2.53. The van der Waals surface area contributed by atoms with Gasteiger partial charge >= 0.3 is 0 Å². The molecule has 0 atom stereocenters. The Kier molecular flexibility index (Phi) is 3.14. The monoisotopic (exact) mass is 329 g/mol. The highest BCUT2D eigenvalue weighted by Crippen LogP contribution is 2.63. The van der Waals surface area contributed by atoms with E-state index in [0.29, 0.717) is 17.4 Å². The van der Waals surface area contributed by atoms with Gasteiger partial charge in [0.25, 0.3) is 0 Å². The first-order valence-corrected chi connectivity index (χ1v) is 8.88. The number of fused-ring (bicyclic) bond motifs is 1. The Morgan fingerprint density at radius 1 is 1.12 bits per heavy atom. The fraction of sp³-hybridized carbons (Fsp3) is 0.400. The van der Waals surface area contributed by atoms with Gasteiger partial charge in [-0.3, -0.25) is 9.67 Å². The molecule has 0 aliphatic heterocycles. The Hall–Kier alpha value is -2.74. The summed E-state index contributed by atoms with van der Waals surface area (Å²) in [7, 11) is 0. The first-order chi connectivity index (χ1) is 12.2. The molecule has 0 bridgehead atoms. The molecule has 124 valence electrons. The average Bonchev–Trinajstić information content (AvgIpc) is 3.05. The van der Waals surface area contributed by atoms with Crippen molar-refractivity contribution < 1.29 is 0 Å². The van der Waals surface area contributed by atoms with Gasteiger partial charge in [0, 0.05) is 18.2 Å². The maximum absolute atomic E-state index is 8.79. The molecule has 2 aromatic heterocycles. The minimum Gasteiger partial charge on any atom is -0.269 e. The van der Waals surface area contributed by atoms with Crippen LogP contribution in [-0.2, 0) is 0 Å². The predicted molar refractivity (Wildman–Crippen MR) is 94.4 cm³/mol.